The maximum absolute atomic E-state index is 12.1. The summed E-state index contributed by atoms with van der Waals surface area (Å²) >= 11 is 1.52. The van der Waals surface area contributed by atoms with Gasteiger partial charge in [0.2, 0.25) is 5.91 Å². The van der Waals surface area contributed by atoms with Crippen LogP contribution in [0.1, 0.15) is 31.2 Å². The van der Waals surface area contributed by atoms with Gasteiger partial charge >= 0.3 is 5.97 Å². The molecule has 2 atom stereocenters. The Labute approximate surface area is 123 Å². The van der Waals surface area contributed by atoms with Crippen molar-refractivity contribution in [2.75, 3.05) is 20.2 Å². The van der Waals surface area contributed by atoms with Crippen LogP contribution in [0.25, 0.3) is 0 Å². The van der Waals surface area contributed by atoms with Crippen LogP contribution in [-0.4, -0.2) is 32.1 Å². The number of nitrogens with one attached hydrogen (secondary N) is 2. The number of amides is 1. The zero-order valence-electron chi connectivity index (χ0n) is 12.1. The maximum Gasteiger partial charge on any atom is 0.307 e. The molecule has 0 saturated carbocycles. The third-order valence-electron chi connectivity index (χ3n) is 2.95. The van der Waals surface area contributed by atoms with Crippen molar-refractivity contribution in [3.63, 3.8) is 0 Å². The Hall–Kier alpha value is -1.40. The fourth-order valence-corrected chi connectivity index (χ4v) is 2.51. The van der Waals surface area contributed by atoms with Gasteiger partial charge in [-0.1, -0.05) is 19.9 Å². The lowest BCUT2D eigenvalue weighted by molar-refractivity contribution is -0.141. The molecule has 0 saturated heterocycles. The second kappa shape index (κ2) is 8.71. The first-order valence-corrected chi connectivity index (χ1v) is 7.57. The van der Waals surface area contributed by atoms with Gasteiger partial charge in [0, 0.05) is 17.3 Å². The summed E-state index contributed by atoms with van der Waals surface area (Å²) in [6.45, 7) is 5.31. The average Bonchev–Trinajstić information content (AvgIpc) is 2.97. The van der Waals surface area contributed by atoms with E-state index in [1.165, 1.54) is 18.4 Å². The van der Waals surface area contributed by atoms with Crippen LogP contribution < -0.4 is 10.6 Å². The van der Waals surface area contributed by atoms with Crippen molar-refractivity contribution in [2.45, 2.75) is 26.3 Å². The van der Waals surface area contributed by atoms with Gasteiger partial charge in [0.1, 0.15) is 0 Å². The molecule has 0 bridgehead atoms. The highest BCUT2D eigenvalue weighted by Gasteiger charge is 2.22. The summed E-state index contributed by atoms with van der Waals surface area (Å²) in [6.07, 6.45) is 0.149. The summed E-state index contributed by atoms with van der Waals surface area (Å²) in [6, 6.07) is 3.49. The van der Waals surface area contributed by atoms with E-state index in [1.54, 1.807) is 0 Å². The van der Waals surface area contributed by atoms with E-state index in [0.717, 1.165) is 11.4 Å². The molecule has 0 aromatic carbocycles. The van der Waals surface area contributed by atoms with Crippen LogP contribution >= 0.6 is 11.3 Å². The molecule has 6 heteroatoms. The van der Waals surface area contributed by atoms with Gasteiger partial charge in [0.25, 0.3) is 0 Å². The van der Waals surface area contributed by atoms with Crippen LogP contribution in [0.15, 0.2) is 17.5 Å². The fraction of sp³-hybridized carbons (Fsp3) is 0.571. The SMILES string of the molecule is CCNCC(C)C(=O)NC(CC(=O)OC)c1cccs1. The van der Waals surface area contributed by atoms with Gasteiger partial charge in [0.15, 0.2) is 0 Å². The molecule has 0 fully saturated rings. The summed E-state index contributed by atoms with van der Waals surface area (Å²) in [5, 5.41) is 7.99. The molecule has 5 nitrogen and oxygen atoms in total. The minimum absolute atomic E-state index is 0.0618. The molecule has 1 aromatic rings. The van der Waals surface area contributed by atoms with Crippen molar-refractivity contribution >= 4 is 23.2 Å². The highest BCUT2D eigenvalue weighted by molar-refractivity contribution is 7.10. The second-order valence-corrected chi connectivity index (χ2v) is 5.54. The summed E-state index contributed by atoms with van der Waals surface area (Å²) in [4.78, 5) is 24.5. The molecule has 20 heavy (non-hydrogen) atoms. The molecule has 1 heterocycles. The van der Waals surface area contributed by atoms with E-state index in [-0.39, 0.29) is 30.3 Å². The molecule has 2 unspecified atom stereocenters. The van der Waals surface area contributed by atoms with Crippen LogP contribution in [0, 0.1) is 5.92 Å². The van der Waals surface area contributed by atoms with Gasteiger partial charge in [0.05, 0.1) is 19.6 Å². The highest BCUT2D eigenvalue weighted by Crippen LogP contribution is 2.22. The predicted molar refractivity (Wildman–Crippen MR) is 79.5 cm³/mol. The Morgan fingerprint density at radius 1 is 1.45 bits per heavy atom. The van der Waals surface area contributed by atoms with E-state index >= 15 is 0 Å². The van der Waals surface area contributed by atoms with Gasteiger partial charge in [-0.25, -0.2) is 0 Å². The number of esters is 1. The Morgan fingerprint density at radius 3 is 2.75 bits per heavy atom. The first-order valence-electron chi connectivity index (χ1n) is 6.69. The third kappa shape index (κ3) is 5.30. The summed E-state index contributed by atoms with van der Waals surface area (Å²) in [5.41, 5.74) is 0. The summed E-state index contributed by atoms with van der Waals surface area (Å²) < 4.78 is 4.69. The number of carbonyl (C=O) groups is 2. The monoisotopic (exact) mass is 298 g/mol. The molecule has 1 aromatic heterocycles. The van der Waals surface area contributed by atoms with Crippen molar-refractivity contribution in [1.82, 2.24) is 10.6 Å². The van der Waals surface area contributed by atoms with Gasteiger partial charge in [-0.05, 0) is 18.0 Å². The molecule has 2 N–H and O–H groups in total. The number of hydrogen-bond acceptors (Lipinski definition) is 5. The van der Waals surface area contributed by atoms with E-state index in [2.05, 4.69) is 15.4 Å². The van der Waals surface area contributed by atoms with E-state index < -0.39 is 0 Å². The number of carbonyl (C=O) groups excluding carboxylic acids is 2. The zero-order chi connectivity index (χ0) is 15.0. The van der Waals surface area contributed by atoms with Gasteiger partial charge < -0.3 is 15.4 Å². The molecule has 0 aliphatic carbocycles. The minimum Gasteiger partial charge on any atom is -0.469 e. The molecule has 0 radical (unpaired) electrons. The number of hydrogen-bond donors (Lipinski definition) is 2. The second-order valence-electron chi connectivity index (χ2n) is 4.57. The Bertz CT molecular complexity index is 420. The lowest BCUT2D eigenvalue weighted by Gasteiger charge is -2.19. The molecular formula is C14H22N2O3S. The molecule has 0 aliphatic heterocycles. The smallest absolute Gasteiger partial charge is 0.307 e. The van der Waals surface area contributed by atoms with E-state index in [4.69, 9.17) is 0 Å². The normalized spacial score (nSPS) is 13.6. The zero-order valence-corrected chi connectivity index (χ0v) is 13.0. The molecule has 112 valence electrons. The van der Waals surface area contributed by atoms with Gasteiger partial charge in [-0.3, -0.25) is 9.59 Å². The largest absolute Gasteiger partial charge is 0.469 e. The lowest BCUT2D eigenvalue weighted by Crippen LogP contribution is -2.38. The van der Waals surface area contributed by atoms with Crippen LogP contribution in [0.2, 0.25) is 0 Å². The molecule has 1 rings (SSSR count). The highest BCUT2D eigenvalue weighted by atomic mass is 32.1. The van der Waals surface area contributed by atoms with Gasteiger partial charge in [-0.2, -0.15) is 0 Å². The number of methoxy groups -OCH3 is 1. The molecule has 1 amide bonds. The van der Waals surface area contributed by atoms with Crippen molar-refractivity contribution in [1.29, 1.82) is 0 Å². The van der Waals surface area contributed by atoms with Crippen molar-refractivity contribution in [2.24, 2.45) is 5.92 Å². The first-order chi connectivity index (χ1) is 9.58. The topological polar surface area (TPSA) is 67.4 Å². The van der Waals surface area contributed by atoms with E-state index in [0.29, 0.717) is 6.54 Å². The van der Waals surface area contributed by atoms with Crippen molar-refractivity contribution in [3.8, 4) is 0 Å². The average molecular weight is 298 g/mol. The first kappa shape index (κ1) is 16.7. The molecule has 0 aliphatic rings. The Balaban J connectivity index is 2.65. The summed E-state index contributed by atoms with van der Waals surface area (Å²) in [7, 11) is 1.35. The standard InChI is InChI=1S/C14H22N2O3S/c1-4-15-9-10(2)14(18)16-11(8-13(17)19-3)12-6-5-7-20-12/h5-7,10-11,15H,4,8-9H2,1-3H3,(H,16,18). The van der Waals surface area contributed by atoms with Crippen LogP contribution in [0.3, 0.4) is 0 Å². The number of rotatable bonds is 8. The summed E-state index contributed by atoms with van der Waals surface area (Å²) in [5.74, 6) is -0.536. The van der Waals surface area contributed by atoms with Crippen molar-refractivity contribution < 1.29 is 14.3 Å². The maximum atomic E-state index is 12.1. The van der Waals surface area contributed by atoms with Crippen LogP contribution in [0.5, 0.6) is 0 Å². The lowest BCUT2D eigenvalue weighted by atomic mass is 10.1. The third-order valence-corrected chi connectivity index (χ3v) is 3.94. The fourth-order valence-electron chi connectivity index (χ4n) is 1.73. The number of thiophene rings is 1. The van der Waals surface area contributed by atoms with E-state index in [1.807, 2.05) is 31.4 Å². The quantitative estimate of drug-likeness (QED) is 0.717. The number of ether oxygens (including phenoxy) is 1. The predicted octanol–water partition coefficient (Wildman–Crippen LogP) is 1.71. The van der Waals surface area contributed by atoms with Crippen LogP contribution in [-0.2, 0) is 14.3 Å². The molecule has 0 spiro atoms. The van der Waals surface area contributed by atoms with Crippen molar-refractivity contribution in [3.05, 3.63) is 22.4 Å². The van der Waals surface area contributed by atoms with Crippen LogP contribution in [0.4, 0.5) is 0 Å². The minimum atomic E-state index is -0.331. The van der Waals surface area contributed by atoms with E-state index in [9.17, 15) is 9.59 Å². The van der Waals surface area contributed by atoms with Gasteiger partial charge in [-0.15, -0.1) is 11.3 Å². The Morgan fingerprint density at radius 2 is 2.20 bits per heavy atom. The molecular weight excluding hydrogens is 276 g/mol. The Kier molecular flexibility index (Phi) is 7.25.